The number of anilines is 2. The molecule has 144 valence electrons. The van der Waals surface area contributed by atoms with Crippen LogP contribution >= 0.6 is 0 Å². The number of amides is 2. The van der Waals surface area contributed by atoms with E-state index in [0.29, 0.717) is 12.5 Å². The number of ether oxygens (including phenoxy) is 1. The Morgan fingerprint density at radius 1 is 1.27 bits per heavy atom. The van der Waals surface area contributed by atoms with Gasteiger partial charge in [-0.05, 0) is 42.5 Å². The maximum atomic E-state index is 12.7. The lowest BCUT2D eigenvalue weighted by molar-refractivity contribution is -0.135. The van der Waals surface area contributed by atoms with E-state index in [4.69, 9.17) is 4.74 Å². The molecule has 0 heterocycles. The van der Waals surface area contributed by atoms with E-state index in [2.05, 4.69) is 5.32 Å². The van der Waals surface area contributed by atoms with E-state index in [1.54, 1.807) is 0 Å². The molecule has 6 nitrogen and oxygen atoms in total. The summed E-state index contributed by atoms with van der Waals surface area (Å²) in [7, 11) is 5.46. The van der Waals surface area contributed by atoms with Crippen LogP contribution in [-0.2, 0) is 20.9 Å². The van der Waals surface area contributed by atoms with E-state index in [1.807, 2.05) is 55.9 Å². The third-order valence-corrected chi connectivity index (χ3v) is 4.46. The minimum absolute atomic E-state index is 0.0183. The molecule has 1 aliphatic rings. The molecular formula is C20H31N3O3. The Balaban J connectivity index is 2.24. The molecule has 0 unspecified atom stereocenters. The van der Waals surface area contributed by atoms with Gasteiger partial charge in [0.15, 0.2) is 0 Å². The molecule has 2 amide bonds. The predicted octanol–water partition coefficient (Wildman–Crippen LogP) is 2.73. The van der Waals surface area contributed by atoms with Crippen LogP contribution in [0.5, 0.6) is 0 Å². The highest BCUT2D eigenvalue weighted by Gasteiger charge is 2.28. The summed E-state index contributed by atoms with van der Waals surface area (Å²) in [4.78, 5) is 28.5. The maximum absolute atomic E-state index is 12.7. The summed E-state index contributed by atoms with van der Waals surface area (Å²) in [5, 5.41) is 2.84. The number of hydrogen-bond acceptors (Lipinski definition) is 4. The van der Waals surface area contributed by atoms with Gasteiger partial charge in [-0.3, -0.25) is 9.59 Å². The Kier molecular flexibility index (Phi) is 7.03. The van der Waals surface area contributed by atoms with Gasteiger partial charge in [0, 0.05) is 51.6 Å². The third kappa shape index (κ3) is 5.73. The zero-order valence-corrected chi connectivity index (χ0v) is 16.5. The maximum Gasteiger partial charge on any atom is 0.250 e. The van der Waals surface area contributed by atoms with Crippen LogP contribution in [0, 0.1) is 11.8 Å². The molecule has 0 bridgehead atoms. The second-order valence-electron chi connectivity index (χ2n) is 7.54. The number of nitrogens with zero attached hydrogens (tertiary/aromatic N) is 2. The number of benzene rings is 1. The highest BCUT2D eigenvalue weighted by atomic mass is 16.5. The van der Waals surface area contributed by atoms with Crippen LogP contribution in [0.15, 0.2) is 18.2 Å². The van der Waals surface area contributed by atoms with Gasteiger partial charge in [0.05, 0.1) is 0 Å². The van der Waals surface area contributed by atoms with Gasteiger partial charge < -0.3 is 19.9 Å². The quantitative estimate of drug-likeness (QED) is 0.735. The first-order valence-corrected chi connectivity index (χ1v) is 9.19. The van der Waals surface area contributed by atoms with Crippen LogP contribution in [0.2, 0.25) is 0 Å². The SMILES string of the molecule is COCC(=O)Nc1ccc(N(C)C)c(CN(CC2CC2)C(=O)C(C)C)c1. The lowest BCUT2D eigenvalue weighted by Crippen LogP contribution is -2.35. The second kappa shape index (κ2) is 9.03. The third-order valence-electron chi connectivity index (χ3n) is 4.46. The molecule has 1 fully saturated rings. The average Bonchev–Trinajstić information content (AvgIpc) is 3.37. The second-order valence-corrected chi connectivity index (χ2v) is 7.54. The van der Waals surface area contributed by atoms with E-state index in [0.717, 1.165) is 23.5 Å². The topological polar surface area (TPSA) is 61.9 Å². The van der Waals surface area contributed by atoms with Crippen molar-refractivity contribution in [2.75, 3.05) is 44.6 Å². The van der Waals surface area contributed by atoms with Crippen molar-refractivity contribution in [2.45, 2.75) is 33.2 Å². The molecule has 2 rings (SSSR count). The summed E-state index contributed by atoms with van der Waals surface area (Å²) in [5.41, 5.74) is 2.79. The van der Waals surface area contributed by atoms with E-state index in [-0.39, 0.29) is 24.3 Å². The molecule has 0 atom stereocenters. The van der Waals surface area contributed by atoms with Gasteiger partial charge in [-0.1, -0.05) is 13.8 Å². The molecule has 1 saturated carbocycles. The fraction of sp³-hybridized carbons (Fsp3) is 0.600. The van der Waals surface area contributed by atoms with Crippen molar-refractivity contribution in [3.63, 3.8) is 0 Å². The van der Waals surface area contributed by atoms with Crippen LogP contribution in [0.25, 0.3) is 0 Å². The summed E-state index contributed by atoms with van der Waals surface area (Å²) in [6.45, 7) is 5.26. The molecule has 1 aromatic rings. The Labute approximate surface area is 156 Å². The first kappa shape index (κ1) is 20.2. The Morgan fingerprint density at radius 3 is 2.50 bits per heavy atom. The highest BCUT2D eigenvalue weighted by molar-refractivity contribution is 5.92. The number of hydrogen-bond donors (Lipinski definition) is 1. The molecule has 26 heavy (non-hydrogen) atoms. The van der Waals surface area contributed by atoms with E-state index in [9.17, 15) is 9.59 Å². The highest BCUT2D eigenvalue weighted by Crippen LogP contribution is 2.32. The lowest BCUT2D eigenvalue weighted by atomic mass is 10.1. The smallest absolute Gasteiger partial charge is 0.250 e. The molecule has 6 heteroatoms. The molecule has 1 aliphatic carbocycles. The van der Waals surface area contributed by atoms with E-state index < -0.39 is 0 Å². The summed E-state index contributed by atoms with van der Waals surface area (Å²) in [5.74, 6) is 0.589. The Hall–Kier alpha value is -2.08. The van der Waals surface area contributed by atoms with Gasteiger partial charge in [-0.2, -0.15) is 0 Å². The van der Waals surface area contributed by atoms with Gasteiger partial charge in [0.2, 0.25) is 11.8 Å². The normalized spacial score (nSPS) is 13.6. The van der Waals surface area contributed by atoms with Crippen molar-refractivity contribution in [2.24, 2.45) is 11.8 Å². The van der Waals surface area contributed by atoms with Crippen molar-refractivity contribution < 1.29 is 14.3 Å². The van der Waals surface area contributed by atoms with E-state index in [1.165, 1.54) is 20.0 Å². The van der Waals surface area contributed by atoms with Crippen molar-refractivity contribution in [3.05, 3.63) is 23.8 Å². The predicted molar refractivity (Wildman–Crippen MR) is 104 cm³/mol. The van der Waals surface area contributed by atoms with Crippen LogP contribution in [-0.4, -0.2) is 51.1 Å². The van der Waals surface area contributed by atoms with Crippen LogP contribution < -0.4 is 10.2 Å². The van der Waals surface area contributed by atoms with Crippen LogP contribution in [0.1, 0.15) is 32.3 Å². The van der Waals surface area contributed by atoms with Crippen molar-refractivity contribution >= 4 is 23.2 Å². The fourth-order valence-electron chi connectivity index (χ4n) is 2.97. The van der Waals surface area contributed by atoms with Gasteiger partial charge >= 0.3 is 0 Å². The molecule has 0 aliphatic heterocycles. The molecule has 1 aromatic carbocycles. The van der Waals surface area contributed by atoms with Crippen LogP contribution in [0.3, 0.4) is 0 Å². The summed E-state index contributed by atoms with van der Waals surface area (Å²) < 4.78 is 4.87. The minimum Gasteiger partial charge on any atom is -0.377 e. The molecule has 0 spiro atoms. The zero-order chi connectivity index (χ0) is 19.3. The average molecular weight is 361 g/mol. The minimum atomic E-state index is -0.191. The number of nitrogens with one attached hydrogen (secondary N) is 1. The monoisotopic (exact) mass is 361 g/mol. The molecule has 0 saturated heterocycles. The van der Waals surface area contributed by atoms with Crippen LogP contribution in [0.4, 0.5) is 11.4 Å². The summed E-state index contributed by atoms with van der Waals surface area (Å²) in [6, 6.07) is 5.81. The lowest BCUT2D eigenvalue weighted by Gasteiger charge is -2.27. The first-order chi connectivity index (χ1) is 12.3. The number of carbonyl (C=O) groups excluding carboxylic acids is 2. The molecule has 1 N–H and O–H groups in total. The standard InChI is InChI=1S/C20H31N3O3/c1-14(2)20(25)23(11-15-6-7-15)12-16-10-17(21-19(24)13-26-5)8-9-18(16)22(3)4/h8-10,14-15H,6-7,11-13H2,1-5H3,(H,21,24). The number of methoxy groups -OCH3 is 1. The number of carbonyl (C=O) groups is 2. The summed E-state index contributed by atoms with van der Waals surface area (Å²) in [6.07, 6.45) is 2.41. The largest absolute Gasteiger partial charge is 0.377 e. The number of rotatable bonds is 9. The van der Waals surface area contributed by atoms with Crippen molar-refractivity contribution in [3.8, 4) is 0 Å². The van der Waals surface area contributed by atoms with Crippen molar-refractivity contribution in [1.82, 2.24) is 4.90 Å². The van der Waals surface area contributed by atoms with E-state index >= 15 is 0 Å². The Morgan fingerprint density at radius 2 is 1.96 bits per heavy atom. The van der Waals surface area contributed by atoms with Crippen molar-refractivity contribution in [1.29, 1.82) is 0 Å². The summed E-state index contributed by atoms with van der Waals surface area (Å²) >= 11 is 0. The van der Waals surface area contributed by atoms with Gasteiger partial charge in [-0.25, -0.2) is 0 Å². The molecule has 0 aromatic heterocycles. The van der Waals surface area contributed by atoms with Gasteiger partial charge in [0.1, 0.15) is 6.61 Å². The van der Waals surface area contributed by atoms with Gasteiger partial charge in [0.25, 0.3) is 0 Å². The zero-order valence-electron chi connectivity index (χ0n) is 16.5. The molecular weight excluding hydrogens is 330 g/mol. The molecule has 0 radical (unpaired) electrons. The van der Waals surface area contributed by atoms with Gasteiger partial charge in [-0.15, -0.1) is 0 Å². The first-order valence-electron chi connectivity index (χ1n) is 9.19. The Bertz CT molecular complexity index is 639. The fourth-order valence-corrected chi connectivity index (χ4v) is 2.97.